The molecule has 0 amide bonds. The van der Waals surface area contributed by atoms with Crippen LogP contribution >= 0.6 is 0 Å². The largest absolute Gasteiger partial charge is 1.00 e. The minimum absolute atomic E-state index is 0. The van der Waals surface area contributed by atoms with Gasteiger partial charge in [-0.3, -0.25) is 0 Å². The minimum atomic E-state index is -2.25. The second kappa shape index (κ2) is 9.62. The molecular weight excluding hydrogens is 414 g/mol. The maximum atomic E-state index is 14.3. The van der Waals surface area contributed by atoms with E-state index in [2.05, 4.69) is 0 Å². The van der Waals surface area contributed by atoms with Gasteiger partial charge in [-0.2, -0.15) is 21.9 Å². The molecule has 6 heteroatoms. The zero-order chi connectivity index (χ0) is 20.4. The normalized spacial score (nSPS) is 11.1. The fourth-order valence-corrected chi connectivity index (χ4v) is 4.26. The Bertz CT molecular complexity index is 991. The third kappa shape index (κ3) is 4.34. The van der Waals surface area contributed by atoms with Gasteiger partial charge in [0, 0.05) is 0 Å². The first kappa shape index (κ1) is 23.0. The Morgan fingerprint density at radius 3 is 0.833 bits per heavy atom. The third-order valence-corrected chi connectivity index (χ3v) is 5.39. The average molecular weight is 430 g/mol. The molecule has 0 aromatic heterocycles. The average Bonchev–Trinajstić information content (AvgIpc) is 2.69. The van der Waals surface area contributed by atoms with Crippen LogP contribution in [0.2, 0.25) is 0 Å². The predicted molar refractivity (Wildman–Crippen MR) is 110 cm³/mol. The number of halogens is 4. The summed E-state index contributed by atoms with van der Waals surface area (Å²) in [6.07, 6.45) is -2.25. The SMILES string of the molecule is Fc1cccc([B-](c2cccc(F)c2)(c2cccc(F)c2)c2cccc(F)c2)c1.[K+]. The Labute approximate surface area is 215 Å². The van der Waals surface area contributed by atoms with Crippen LogP contribution in [0.5, 0.6) is 0 Å². The van der Waals surface area contributed by atoms with E-state index in [9.17, 15) is 17.6 Å². The molecule has 0 radical (unpaired) electrons. The summed E-state index contributed by atoms with van der Waals surface area (Å²) >= 11 is 0. The van der Waals surface area contributed by atoms with Crippen molar-refractivity contribution >= 4 is 28.0 Å². The molecule has 144 valence electrons. The molecule has 0 aliphatic carbocycles. The van der Waals surface area contributed by atoms with Crippen molar-refractivity contribution in [1.29, 1.82) is 0 Å². The molecule has 0 unspecified atom stereocenters. The molecule has 0 aliphatic heterocycles. The Hall–Kier alpha value is -1.70. The molecule has 4 aromatic carbocycles. The minimum Gasteiger partial charge on any atom is -0.207 e. The van der Waals surface area contributed by atoms with E-state index in [0.717, 1.165) is 0 Å². The van der Waals surface area contributed by atoms with Gasteiger partial charge in [0.25, 0.3) is 0 Å². The summed E-state index contributed by atoms with van der Waals surface area (Å²) < 4.78 is 57.1. The third-order valence-electron chi connectivity index (χ3n) is 5.39. The fraction of sp³-hybridized carbons (Fsp3) is 0. The van der Waals surface area contributed by atoms with E-state index in [4.69, 9.17) is 0 Å². The van der Waals surface area contributed by atoms with E-state index in [0.29, 0.717) is 21.9 Å². The Kier molecular flexibility index (Phi) is 7.37. The maximum absolute atomic E-state index is 14.3. The Balaban J connectivity index is 0.00000256. The van der Waals surface area contributed by atoms with Gasteiger partial charge in [0.05, 0.1) is 0 Å². The first-order valence-electron chi connectivity index (χ1n) is 9.20. The van der Waals surface area contributed by atoms with Crippen molar-refractivity contribution in [2.24, 2.45) is 0 Å². The zero-order valence-electron chi connectivity index (χ0n) is 16.3. The van der Waals surface area contributed by atoms with Crippen LogP contribution in [0.25, 0.3) is 0 Å². The Morgan fingerprint density at radius 2 is 0.633 bits per heavy atom. The maximum Gasteiger partial charge on any atom is 1.00 e. The number of hydrogen-bond acceptors (Lipinski definition) is 0. The zero-order valence-corrected chi connectivity index (χ0v) is 19.4. The van der Waals surface area contributed by atoms with Crippen molar-refractivity contribution in [3.63, 3.8) is 0 Å². The van der Waals surface area contributed by atoms with Crippen LogP contribution in [0, 0.1) is 23.3 Å². The molecule has 0 fully saturated rings. The summed E-state index contributed by atoms with van der Waals surface area (Å²) in [5.74, 6) is -1.95. The van der Waals surface area contributed by atoms with Crippen molar-refractivity contribution in [3.8, 4) is 0 Å². The summed E-state index contributed by atoms with van der Waals surface area (Å²) in [6, 6.07) is 23.5. The first-order valence-corrected chi connectivity index (χ1v) is 9.20. The van der Waals surface area contributed by atoms with Crippen LogP contribution in [-0.2, 0) is 0 Å². The summed E-state index contributed by atoms with van der Waals surface area (Å²) in [5, 5.41) is 0. The standard InChI is InChI=1S/C24H16BF4.K/c26-21-9-1-5-17(13-21)25(18-6-2-10-22(27)14-18,19-7-3-11-23(28)15-19)20-8-4-12-24(29)16-20;/h1-16H;/q-1;+1. The second-order valence-corrected chi connectivity index (χ2v) is 7.09. The van der Waals surface area contributed by atoms with Gasteiger partial charge < -0.3 is 0 Å². The van der Waals surface area contributed by atoms with Crippen molar-refractivity contribution < 1.29 is 68.9 Å². The van der Waals surface area contributed by atoms with Gasteiger partial charge in [-0.1, -0.05) is 72.8 Å². The van der Waals surface area contributed by atoms with Crippen LogP contribution in [0.15, 0.2) is 97.1 Å². The molecule has 4 aromatic rings. The molecule has 30 heavy (non-hydrogen) atoms. The first-order chi connectivity index (χ1) is 14.0. The van der Waals surface area contributed by atoms with Gasteiger partial charge in [-0.25, -0.2) is 17.6 Å². The van der Waals surface area contributed by atoms with Gasteiger partial charge >= 0.3 is 51.4 Å². The van der Waals surface area contributed by atoms with Crippen molar-refractivity contribution in [1.82, 2.24) is 0 Å². The summed E-state index contributed by atoms with van der Waals surface area (Å²) in [5.41, 5.74) is 1.97. The van der Waals surface area contributed by atoms with E-state index in [1.54, 1.807) is 48.5 Å². The molecule has 0 atom stereocenters. The molecule has 0 bridgehead atoms. The van der Waals surface area contributed by atoms with Crippen LogP contribution in [0.3, 0.4) is 0 Å². The van der Waals surface area contributed by atoms with Crippen LogP contribution in [0.4, 0.5) is 17.6 Å². The molecule has 0 N–H and O–H groups in total. The molecular formula is C24H16BF4K. The quantitative estimate of drug-likeness (QED) is 0.329. The molecule has 0 nitrogen and oxygen atoms in total. The summed E-state index contributed by atoms with van der Waals surface area (Å²) in [6.45, 7) is 0. The van der Waals surface area contributed by atoms with E-state index in [1.807, 2.05) is 0 Å². The molecule has 4 rings (SSSR count). The monoisotopic (exact) mass is 430 g/mol. The summed E-state index contributed by atoms with van der Waals surface area (Å²) in [4.78, 5) is 0. The fourth-order valence-electron chi connectivity index (χ4n) is 4.26. The molecule has 0 aliphatic rings. The van der Waals surface area contributed by atoms with Crippen molar-refractivity contribution in [2.75, 3.05) is 0 Å². The van der Waals surface area contributed by atoms with E-state index in [1.165, 1.54) is 48.5 Å². The van der Waals surface area contributed by atoms with E-state index < -0.39 is 29.4 Å². The molecule has 0 heterocycles. The molecule has 0 saturated carbocycles. The number of hydrogen-bond donors (Lipinski definition) is 0. The van der Waals surface area contributed by atoms with Gasteiger partial charge in [0.2, 0.25) is 0 Å². The van der Waals surface area contributed by atoms with Gasteiger partial charge in [0.1, 0.15) is 29.4 Å². The smallest absolute Gasteiger partial charge is 0.207 e. The number of rotatable bonds is 4. The summed E-state index contributed by atoms with van der Waals surface area (Å²) in [7, 11) is 0. The number of benzene rings is 4. The van der Waals surface area contributed by atoms with Crippen molar-refractivity contribution in [3.05, 3.63) is 120 Å². The van der Waals surface area contributed by atoms with Gasteiger partial charge in [-0.05, 0) is 24.3 Å². The van der Waals surface area contributed by atoms with E-state index >= 15 is 0 Å². The Morgan fingerprint density at radius 1 is 0.400 bits per heavy atom. The molecule has 0 spiro atoms. The predicted octanol–water partition coefficient (Wildman–Crippen LogP) is 0.624. The van der Waals surface area contributed by atoms with Crippen LogP contribution in [-0.4, -0.2) is 6.15 Å². The molecule has 0 saturated heterocycles. The second-order valence-electron chi connectivity index (χ2n) is 7.09. The topological polar surface area (TPSA) is 0 Å². The van der Waals surface area contributed by atoms with Crippen molar-refractivity contribution in [2.45, 2.75) is 0 Å². The van der Waals surface area contributed by atoms with E-state index in [-0.39, 0.29) is 51.4 Å². The van der Waals surface area contributed by atoms with Gasteiger partial charge in [-0.15, -0.1) is 0 Å². The van der Waals surface area contributed by atoms with Crippen LogP contribution < -0.4 is 73.2 Å². The van der Waals surface area contributed by atoms with Crippen LogP contribution in [0.1, 0.15) is 0 Å². The van der Waals surface area contributed by atoms with Gasteiger partial charge in [0.15, 0.2) is 0 Å².